The molecule has 0 saturated carbocycles. The monoisotopic (exact) mass is 280 g/mol. The van der Waals surface area contributed by atoms with E-state index in [4.69, 9.17) is 0 Å². The lowest BCUT2D eigenvalue weighted by Gasteiger charge is -2.13. The Hall–Kier alpha value is -2.36. The number of hydrogen-bond acceptors (Lipinski definition) is 3. The third-order valence-corrected chi connectivity index (χ3v) is 3.44. The van der Waals surface area contributed by atoms with E-state index >= 15 is 0 Å². The van der Waals surface area contributed by atoms with Crippen LogP contribution in [-0.4, -0.2) is 15.0 Å². The molecule has 0 radical (unpaired) electrons. The number of hydrogen-bond donors (Lipinski definition) is 2. The van der Waals surface area contributed by atoms with Crippen LogP contribution in [0.4, 0.5) is 5.69 Å². The van der Waals surface area contributed by atoms with Crippen molar-refractivity contribution in [3.05, 3.63) is 54.1 Å². The summed E-state index contributed by atoms with van der Waals surface area (Å²) < 4.78 is 0. The summed E-state index contributed by atoms with van der Waals surface area (Å²) in [6.07, 6.45) is 3.62. The van der Waals surface area contributed by atoms with E-state index in [1.165, 1.54) is 5.56 Å². The second kappa shape index (κ2) is 5.20. The van der Waals surface area contributed by atoms with Gasteiger partial charge in [0.25, 0.3) is 0 Å². The summed E-state index contributed by atoms with van der Waals surface area (Å²) >= 11 is 0. The molecule has 4 heteroatoms. The number of rotatable bonds is 3. The van der Waals surface area contributed by atoms with Crippen molar-refractivity contribution in [3.8, 4) is 0 Å². The quantitative estimate of drug-likeness (QED) is 0.765. The molecule has 21 heavy (non-hydrogen) atoms. The second-order valence-corrected chi connectivity index (χ2v) is 6.28. The Morgan fingerprint density at radius 2 is 1.86 bits per heavy atom. The van der Waals surface area contributed by atoms with Gasteiger partial charge in [-0.1, -0.05) is 20.8 Å². The minimum absolute atomic E-state index is 0.0314. The maximum Gasteiger partial charge on any atom is 0.112 e. The number of fused-ring (bicyclic) bond motifs is 1. The van der Waals surface area contributed by atoms with Gasteiger partial charge in [0.15, 0.2) is 0 Å². The third-order valence-electron chi connectivity index (χ3n) is 3.44. The molecule has 0 aliphatic rings. The molecule has 0 fully saturated rings. The highest BCUT2D eigenvalue weighted by Gasteiger charge is 2.18. The van der Waals surface area contributed by atoms with Crippen molar-refractivity contribution >= 4 is 16.7 Å². The van der Waals surface area contributed by atoms with E-state index in [1.807, 2.05) is 24.5 Å². The van der Waals surface area contributed by atoms with Crippen LogP contribution in [0.25, 0.3) is 11.0 Å². The van der Waals surface area contributed by atoms with Gasteiger partial charge >= 0.3 is 0 Å². The van der Waals surface area contributed by atoms with Gasteiger partial charge in [0.05, 0.1) is 11.0 Å². The summed E-state index contributed by atoms with van der Waals surface area (Å²) in [5.74, 6) is 1.02. The summed E-state index contributed by atoms with van der Waals surface area (Å²) in [5, 5.41) is 3.43. The molecule has 3 aromatic rings. The highest BCUT2D eigenvalue weighted by molar-refractivity contribution is 5.79. The predicted molar refractivity (Wildman–Crippen MR) is 86.4 cm³/mol. The van der Waals surface area contributed by atoms with Crippen LogP contribution in [0.5, 0.6) is 0 Å². The number of pyridine rings is 1. The molecule has 3 rings (SSSR count). The molecule has 0 bridgehead atoms. The molecule has 1 aromatic carbocycles. The number of nitrogens with one attached hydrogen (secondary N) is 2. The van der Waals surface area contributed by atoms with Gasteiger partial charge in [0.1, 0.15) is 5.82 Å². The normalized spacial score (nSPS) is 11.8. The number of anilines is 1. The highest BCUT2D eigenvalue weighted by atomic mass is 14.9. The Kier molecular flexibility index (Phi) is 3.37. The van der Waals surface area contributed by atoms with Crippen LogP contribution in [0.15, 0.2) is 42.7 Å². The summed E-state index contributed by atoms with van der Waals surface area (Å²) in [7, 11) is 0. The van der Waals surface area contributed by atoms with Gasteiger partial charge in [0, 0.05) is 30.0 Å². The number of nitrogens with zero attached hydrogens (tertiary/aromatic N) is 2. The Labute approximate surface area is 124 Å². The molecular weight excluding hydrogens is 260 g/mol. The molecule has 4 nitrogen and oxygen atoms in total. The maximum absolute atomic E-state index is 4.65. The van der Waals surface area contributed by atoms with Crippen LogP contribution >= 0.6 is 0 Å². The summed E-state index contributed by atoms with van der Waals surface area (Å²) in [6.45, 7) is 7.27. The van der Waals surface area contributed by atoms with Crippen molar-refractivity contribution in [3.63, 3.8) is 0 Å². The number of benzene rings is 1. The van der Waals surface area contributed by atoms with E-state index in [9.17, 15) is 0 Å². The van der Waals surface area contributed by atoms with Crippen molar-refractivity contribution in [2.45, 2.75) is 32.7 Å². The smallest absolute Gasteiger partial charge is 0.112 e. The third kappa shape index (κ3) is 3.05. The van der Waals surface area contributed by atoms with Crippen molar-refractivity contribution in [2.75, 3.05) is 5.32 Å². The molecule has 0 aliphatic carbocycles. The van der Waals surface area contributed by atoms with Crippen LogP contribution in [0.2, 0.25) is 0 Å². The second-order valence-electron chi connectivity index (χ2n) is 6.28. The van der Waals surface area contributed by atoms with Crippen LogP contribution < -0.4 is 5.32 Å². The zero-order chi connectivity index (χ0) is 14.9. The summed E-state index contributed by atoms with van der Waals surface area (Å²) in [5.41, 5.74) is 4.41. The van der Waals surface area contributed by atoms with Gasteiger partial charge in [-0.3, -0.25) is 4.98 Å². The molecule has 0 amide bonds. The van der Waals surface area contributed by atoms with E-state index in [0.717, 1.165) is 29.1 Å². The molecule has 2 N–H and O–H groups in total. The lowest BCUT2D eigenvalue weighted by Crippen LogP contribution is -2.12. The topological polar surface area (TPSA) is 53.6 Å². The summed E-state index contributed by atoms with van der Waals surface area (Å²) in [6, 6.07) is 10.3. The fraction of sp³-hybridized carbons (Fsp3) is 0.294. The Morgan fingerprint density at radius 3 is 2.57 bits per heavy atom. The zero-order valence-corrected chi connectivity index (χ0v) is 12.6. The summed E-state index contributed by atoms with van der Waals surface area (Å²) in [4.78, 5) is 12.1. The van der Waals surface area contributed by atoms with Gasteiger partial charge in [-0.05, 0) is 35.9 Å². The number of aromatic nitrogens is 3. The standard InChI is InChI=1S/C17H20N4/c1-17(2,3)16-20-14-5-4-13(10-15(14)21-16)19-11-12-6-8-18-9-7-12/h4-10,19H,11H2,1-3H3,(H,20,21). The van der Waals surface area contributed by atoms with Gasteiger partial charge in [-0.15, -0.1) is 0 Å². The fourth-order valence-electron chi connectivity index (χ4n) is 2.18. The first kappa shape index (κ1) is 13.6. The molecule has 0 atom stereocenters. The van der Waals surface area contributed by atoms with Gasteiger partial charge in [0.2, 0.25) is 0 Å². The van der Waals surface area contributed by atoms with Crippen molar-refractivity contribution in [1.29, 1.82) is 0 Å². The first-order chi connectivity index (χ1) is 10.0. The van der Waals surface area contributed by atoms with E-state index in [-0.39, 0.29) is 5.41 Å². The molecule has 0 saturated heterocycles. The first-order valence-electron chi connectivity index (χ1n) is 7.15. The number of H-pyrrole nitrogens is 1. The van der Waals surface area contributed by atoms with Crippen molar-refractivity contribution in [1.82, 2.24) is 15.0 Å². The minimum atomic E-state index is 0.0314. The Balaban J connectivity index is 1.81. The highest BCUT2D eigenvalue weighted by Crippen LogP contribution is 2.24. The molecule has 0 aliphatic heterocycles. The van der Waals surface area contributed by atoms with Crippen molar-refractivity contribution < 1.29 is 0 Å². The molecule has 0 spiro atoms. The van der Waals surface area contributed by atoms with Gasteiger partial charge in [-0.25, -0.2) is 4.98 Å². The molecule has 0 unspecified atom stereocenters. The molecule has 2 aromatic heterocycles. The van der Waals surface area contributed by atoms with E-state index in [2.05, 4.69) is 59.2 Å². The fourth-order valence-corrected chi connectivity index (χ4v) is 2.18. The van der Waals surface area contributed by atoms with E-state index in [0.29, 0.717) is 0 Å². The molecule has 2 heterocycles. The average Bonchev–Trinajstić information content (AvgIpc) is 2.89. The number of imidazole rings is 1. The zero-order valence-electron chi connectivity index (χ0n) is 12.6. The number of aromatic amines is 1. The van der Waals surface area contributed by atoms with Crippen LogP contribution in [-0.2, 0) is 12.0 Å². The van der Waals surface area contributed by atoms with Gasteiger partial charge in [-0.2, -0.15) is 0 Å². The van der Waals surface area contributed by atoms with Crippen molar-refractivity contribution in [2.24, 2.45) is 0 Å². The Morgan fingerprint density at radius 1 is 1.10 bits per heavy atom. The first-order valence-corrected chi connectivity index (χ1v) is 7.15. The van der Waals surface area contributed by atoms with Gasteiger partial charge < -0.3 is 10.3 Å². The van der Waals surface area contributed by atoms with Crippen LogP contribution in [0, 0.1) is 0 Å². The SMILES string of the molecule is CC(C)(C)c1nc2ccc(NCc3ccncc3)cc2[nH]1. The molecule has 108 valence electrons. The van der Waals surface area contributed by atoms with Crippen LogP contribution in [0.3, 0.4) is 0 Å². The largest absolute Gasteiger partial charge is 0.381 e. The van der Waals surface area contributed by atoms with Crippen LogP contribution in [0.1, 0.15) is 32.2 Å². The molecular formula is C17H20N4. The van der Waals surface area contributed by atoms with E-state index in [1.54, 1.807) is 0 Å². The lowest BCUT2D eigenvalue weighted by molar-refractivity contribution is 0.554. The lowest BCUT2D eigenvalue weighted by atomic mass is 9.96. The van der Waals surface area contributed by atoms with E-state index < -0.39 is 0 Å². The maximum atomic E-state index is 4.65. The predicted octanol–water partition coefficient (Wildman–Crippen LogP) is 3.87. The minimum Gasteiger partial charge on any atom is -0.381 e. The Bertz CT molecular complexity index is 738. The average molecular weight is 280 g/mol.